The molecule has 0 saturated heterocycles. The Bertz CT molecular complexity index is 714. The molecule has 7 heteroatoms. The lowest BCUT2D eigenvalue weighted by Crippen LogP contribution is -2.12. The molecule has 0 heterocycles. The molecule has 0 aliphatic heterocycles. The Morgan fingerprint density at radius 3 is 2.25 bits per heavy atom. The molecule has 4 nitrogen and oxygen atoms in total. The Morgan fingerprint density at radius 1 is 1.00 bits per heavy atom. The van der Waals surface area contributed by atoms with Gasteiger partial charge in [0, 0.05) is 17.3 Å². The van der Waals surface area contributed by atoms with Crippen molar-refractivity contribution in [3.8, 4) is 11.5 Å². The van der Waals surface area contributed by atoms with Gasteiger partial charge in [-0.25, -0.2) is 4.39 Å². The van der Waals surface area contributed by atoms with Gasteiger partial charge in [0.25, 0.3) is 0 Å². The highest BCUT2D eigenvalue weighted by Gasteiger charge is 2.14. The number of esters is 2. The van der Waals surface area contributed by atoms with Gasteiger partial charge in [0.2, 0.25) is 0 Å². The lowest BCUT2D eigenvalue weighted by atomic mass is 10.2. The number of carbonyl (C=O) groups excluding carboxylic acids is 2. The van der Waals surface area contributed by atoms with E-state index in [2.05, 4.69) is 15.9 Å². The predicted molar refractivity (Wildman–Crippen MR) is 90.7 cm³/mol. The fourth-order valence-electron chi connectivity index (χ4n) is 1.81. The zero-order valence-corrected chi connectivity index (χ0v) is 14.8. The Morgan fingerprint density at radius 2 is 1.62 bits per heavy atom. The molecular formula is C17H13BrClFO4. The van der Waals surface area contributed by atoms with E-state index in [1.165, 1.54) is 12.1 Å². The number of para-hydroxylation sites is 1. The molecule has 0 fully saturated rings. The van der Waals surface area contributed by atoms with Crippen LogP contribution in [0.25, 0.3) is 0 Å². The molecule has 0 spiro atoms. The molecule has 2 aromatic carbocycles. The number of hydrogen-bond acceptors (Lipinski definition) is 4. The summed E-state index contributed by atoms with van der Waals surface area (Å²) in [4.78, 5) is 23.4. The quantitative estimate of drug-likeness (QED) is 0.496. The van der Waals surface area contributed by atoms with Crippen molar-refractivity contribution in [2.45, 2.75) is 19.3 Å². The fourth-order valence-corrected chi connectivity index (χ4v) is 2.27. The maximum Gasteiger partial charge on any atom is 0.311 e. The Hall–Kier alpha value is -1.92. The van der Waals surface area contributed by atoms with Crippen molar-refractivity contribution in [1.82, 2.24) is 0 Å². The van der Waals surface area contributed by atoms with Gasteiger partial charge in [0.1, 0.15) is 5.75 Å². The van der Waals surface area contributed by atoms with Crippen molar-refractivity contribution in [2.75, 3.05) is 0 Å². The molecule has 0 amide bonds. The van der Waals surface area contributed by atoms with Crippen molar-refractivity contribution in [1.29, 1.82) is 0 Å². The molecule has 2 rings (SSSR count). The van der Waals surface area contributed by atoms with Gasteiger partial charge in [0.15, 0.2) is 11.6 Å². The normalized spacial score (nSPS) is 10.3. The Kier molecular flexibility index (Phi) is 6.75. The lowest BCUT2D eigenvalue weighted by molar-refractivity contribution is -0.136. The first kappa shape index (κ1) is 18.4. The summed E-state index contributed by atoms with van der Waals surface area (Å²) < 4.78 is 24.4. The number of carbonyl (C=O) groups is 2. The van der Waals surface area contributed by atoms with Crippen molar-refractivity contribution < 1.29 is 23.5 Å². The number of rotatable bonds is 6. The molecule has 0 aliphatic rings. The van der Waals surface area contributed by atoms with Gasteiger partial charge in [-0.2, -0.15) is 0 Å². The first-order valence-corrected chi connectivity index (χ1v) is 8.24. The SMILES string of the molecule is O=C(CCCC(=O)Oc1c(F)cccc1Cl)Oc1ccc(Br)cc1. The largest absolute Gasteiger partial charge is 0.427 e. The van der Waals surface area contributed by atoms with Gasteiger partial charge in [0.05, 0.1) is 5.02 Å². The second kappa shape index (κ2) is 8.80. The van der Waals surface area contributed by atoms with E-state index in [1.54, 1.807) is 24.3 Å². The van der Waals surface area contributed by atoms with E-state index in [1.807, 2.05) is 0 Å². The molecule has 0 atom stereocenters. The van der Waals surface area contributed by atoms with Crippen LogP contribution in [0.4, 0.5) is 4.39 Å². The second-order valence-electron chi connectivity index (χ2n) is 4.81. The van der Waals surface area contributed by atoms with Gasteiger partial charge in [-0.15, -0.1) is 0 Å². The van der Waals surface area contributed by atoms with Crippen LogP contribution in [-0.2, 0) is 9.59 Å². The molecule has 0 aromatic heterocycles. The summed E-state index contributed by atoms with van der Waals surface area (Å²) in [6.07, 6.45) is 0.205. The Balaban J connectivity index is 1.76. The summed E-state index contributed by atoms with van der Waals surface area (Å²) in [7, 11) is 0. The molecule has 0 aliphatic carbocycles. The minimum atomic E-state index is -0.717. The maximum atomic E-state index is 13.5. The number of hydrogen-bond donors (Lipinski definition) is 0. The average molecular weight is 416 g/mol. The van der Waals surface area contributed by atoms with Crippen molar-refractivity contribution in [3.05, 3.63) is 57.8 Å². The van der Waals surface area contributed by atoms with E-state index < -0.39 is 17.8 Å². The summed E-state index contributed by atoms with van der Waals surface area (Å²) in [5, 5.41) is 0.0120. The maximum absolute atomic E-state index is 13.5. The minimum absolute atomic E-state index is 0.0120. The lowest BCUT2D eigenvalue weighted by Gasteiger charge is -2.07. The summed E-state index contributed by atoms with van der Waals surface area (Å²) in [5.74, 6) is -1.73. The standard InChI is InChI=1S/C17H13BrClFO4/c18-11-7-9-12(10-8-11)23-15(21)5-2-6-16(22)24-17-13(19)3-1-4-14(17)20/h1,3-4,7-10H,2,5-6H2. The highest BCUT2D eigenvalue weighted by molar-refractivity contribution is 9.10. The number of ether oxygens (including phenoxy) is 2. The summed E-state index contributed by atoms with van der Waals surface area (Å²) >= 11 is 9.04. The van der Waals surface area contributed by atoms with Crippen LogP contribution in [0, 0.1) is 5.82 Å². The van der Waals surface area contributed by atoms with E-state index in [-0.39, 0.29) is 30.0 Å². The van der Waals surface area contributed by atoms with Crippen LogP contribution in [0.2, 0.25) is 5.02 Å². The van der Waals surface area contributed by atoms with Crippen LogP contribution < -0.4 is 9.47 Å². The monoisotopic (exact) mass is 414 g/mol. The van der Waals surface area contributed by atoms with Crippen LogP contribution in [0.3, 0.4) is 0 Å². The highest BCUT2D eigenvalue weighted by Crippen LogP contribution is 2.27. The topological polar surface area (TPSA) is 52.6 Å². The van der Waals surface area contributed by atoms with Gasteiger partial charge in [-0.05, 0) is 42.8 Å². The van der Waals surface area contributed by atoms with E-state index in [0.717, 1.165) is 10.5 Å². The molecule has 24 heavy (non-hydrogen) atoms. The zero-order valence-electron chi connectivity index (χ0n) is 12.4. The van der Waals surface area contributed by atoms with Crippen LogP contribution in [0.15, 0.2) is 46.9 Å². The molecule has 0 unspecified atom stereocenters. The summed E-state index contributed by atoms with van der Waals surface area (Å²) in [5.41, 5.74) is 0. The highest BCUT2D eigenvalue weighted by atomic mass is 79.9. The van der Waals surface area contributed by atoms with Crippen LogP contribution >= 0.6 is 27.5 Å². The van der Waals surface area contributed by atoms with Gasteiger partial charge in [-0.1, -0.05) is 33.6 Å². The average Bonchev–Trinajstić information content (AvgIpc) is 2.53. The summed E-state index contributed by atoms with van der Waals surface area (Å²) in [6, 6.07) is 10.8. The van der Waals surface area contributed by atoms with E-state index >= 15 is 0 Å². The van der Waals surface area contributed by atoms with Crippen molar-refractivity contribution >= 4 is 39.5 Å². The van der Waals surface area contributed by atoms with E-state index in [9.17, 15) is 14.0 Å². The smallest absolute Gasteiger partial charge is 0.311 e. The molecule has 0 saturated carbocycles. The zero-order chi connectivity index (χ0) is 17.5. The summed E-state index contributed by atoms with van der Waals surface area (Å²) in [6.45, 7) is 0. The first-order valence-electron chi connectivity index (χ1n) is 7.06. The van der Waals surface area contributed by atoms with Crippen LogP contribution in [0.1, 0.15) is 19.3 Å². The van der Waals surface area contributed by atoms with Gasteiger partial charge < -0.3 is 9.47 Å². The minimum Gasteiger partial charge on any atom is -0.427 e. The van der Waals surface area contributed by atoms with Gasteiger partial charge in [-0.3, -0.25) is 9.59 Å². The number of halogens is 3. The molecular weight excluding hydrogens is 403 g/mol. The fraction of sp³-hybridized carbons (Fsp3) is 0.176. The van der Waals surface area contributed by atoms with Crippen LogP contribution in [0.5, 0.6) is 11.5 Å². The molecule has 0 bridgehead atoms. The van der Waals surface area contributed by atoms with Crippen LogP contribution in [-0.4, -0.2) is 11.9 Å². The molecule has 2 aromatic rings. The Labute approximate surface area is 151 Å². The van der Waals surface area contributed by atoms with Crippen molar-refractivity contribution in [2.24, 2.45) is 0 Å². The molecule has 0 N–H and O–H groups in total. The number of benzene rings is 2. The van der Waals surface area contributed by atoms with E-state index in [4.69, 9.17) is 21.1 Å². The van der Waals surface area contributed by atoms with Crippen molar-refractivity contribution in [3.63, 3.8) is 0 Å². The third-order valence-electron chi connectivity index (χ3n) is 2.94. The second-order valence-corrected chi connectivity index (χ2v) is 6.13. The molecule has 126 valence electrons. The van der Waals surface area contributed by atoms with Gasteiger partial charge >= 0.3 is 11.9 Å². The predicted octanol–water partition coefficient (Wildman–Crippen LogP) is 4.92. The molecule has 0 radical (unpaired) electrons. The third kappa shape index (κ3) is 5.62. The third-order valence-corrected chi connectivity index (χ3v) is 3.77. The first-order chi connectivity index (χ1) is 11.5. The van der Waals surface area contributed by atoms with E-state index in [0.29, 0.717) is 5.75 Å².